The lowest BCUT2D eigenvalue weighted by atomic mass is 9.93. The van der Waals surface area contributed by atoms with Gasteiger partial charge in [0.25, 0.3) is 0 Å². The largest absolute Gasteiger partial charge is 0.393 e. The molecular weight excluding hydrogens is 309 g/mol. The maximum atomic E-state index is 14.2. The Morgan fingerprint density at radius 3 is 2.33 bits per heavy atom. The van der Waals surface area contributed by atoms with Gasteiger partial charge < -0.3 is 15.7 Å². The summed E-state index contributed by atoms with van der Waals surface area (Å²) in [5.41, 5.74) is -0.135. The molecule has 0 atom stereocenters. The molecule has 2 rings (SSSR count). The quantitative estimate of drug-likeness (QED) is 0.733. The average molecular weight is 325 g/mol. The number of aliphatic hydroxyl groups excluding tert-OH is 1. The number of allylic oxidation sites excluding steroid dienone is 2. The number of anilines is 2. The van der Waals surface area contributed by atoms with Gasteiger partial charge in [-0.2, -0.15) is 15.8 Å². The van der Waals surface area contributed by atoms with E-state index in [1.165, 1.54) is 12.1 Å². The SMILES string of the molecule is N#CC(C#N)=C(C#N)Nc1cccc(F)c1NC1CCC(O)CC1. The third-order valence-corrected chi connectivity index (χ3v) is 3.90. The number of halogens is 1. The van der Waals surface area contributed by atoms with Gasteiger partial charge in [-0.3, -0.25) is 0 Å². The number of hydrogen-bond acceptors (Lipinski definition) is 6. The van der Waals surface area contributed by atoms with Crippen molar-refractivity contribution in [1.29, 1.82) is 15.8 Å². The van der Waals surface area contributed by atoms with Crippen molar-refractivity contribution >= 4 is 11.4 Å². The number of benzene rings is 1. The Morgan fingerprint density at radius 2 is 1.75 bits per heavy atom. The monoisotopic (exact) mass is 325 g/mol. The molecule has 0 spiro atoms. The Bertz CT molecular complexity index is 745. The number of hydrogen-bond donors (Lipinski definition) is 3. The summed E-state index contributed by atoms with van der Waals surface area (Å²) in [6.45, 7) is 0. The van der Waals surface area contributed by atoms with Crippen LogP contribution in [0.1, 0.15) is 25.7 Å². The Hall–Kier alpha value is -3.08. The van der Waals surface area contributed by atoms with E-state index < -0.39 is 5.82 Å². The van der Waals surface area contributed by atoms with Crippen LogP contribution >= 0.6 is 0 Å². The maximum Gasteiger partial charge on any atom is 0.163 e. The van der Waals surface area contributed by atoms with Crippen molar-refractivity contribution in [2.45, 2.75) is 37.8 Å². The van der Waals surface area contributed by atoms with E-state index in [-0.39, 0.29) is 34.8 Å². The molecule has 1 fully saturated rings. The summed E-state index contributed by atoms with van der Waals surface area (Å²) in [4.78, 5) is 0. The Kier molecular flexibility index (Phi) is 5.73. The smallest absolute Gasteiger partial charge is 0.163 e. The first-order valence-corrected chi connectivity index (χ1v) is 7.53. The number of para-hydroxylation sites is 1. The van der Waals surface area contributed by atoms with E-state index in [1.54, 1.807) is 24.3 Å². The van der Waals surface area contributed by atoms with Crippen LogP contribution in [0.2, 0.25) is 0 Å². The molecule has 1 aromatic carbocycles. The van der Waals surface area contributed by atoms with Crippen LogP contribution in [0, 0.1) is 39.8 Å². The van der Waals surface area contributed by atoms with Crippen LogP contribution in [0.4, 0.5) is 15.8 Å². The van der Waals surface area contributed by atoms with Crippen LogP contribution < -0.4 is 10.6 Å². The van der Waals surface area contributed by atoms with Gasteiger partial charge in [0.1, 0.15) is 29.7 Å². The van der Waals surface area contributed by atoms with E-state index in [0.29, 0.717) is 25.7 Å². The molecule has 0 bridgehead atoms. The summed E-state index contributed by atoms with van der Waals surface area (Å²) >= 11 is 0. The topological polar surface area (TPSA) is 116 Å². The van der Waals surface area contributed by atoms with Gasteiger partial charge in [0, 0.05) is 6.04 Å². The minimum Gasteiger partial charge on any atom is -0.393 e. The van der Waals surface area contributed by atoms with Gasteiger partial charge in [-0.05, 0) is 37.8 Å². The molecule has 6 nitrogen and oxygen atoms in total. The van der Waals surface area contributed by atoms with Crippen LogP contribution in [0.5, 0.6) is 0 Å². The molecule has 7 heteroatoms. The van der Waals surface area contributed by atoms with Crippen molar-refractivity contribution in [3.8, 4) is 18.2 Å². The van der Waals surface area contributed by atoms with Crippen molar-refractivity contribution in [2.75, 3.05) is 10.6 Å². The van der Waals surface area contributed by atoms with Crippen LogP contribution in [0.3, 0.4) is 0 Å². The van der Waals surface area contributed by atoms with Crippen molar-refractivity contribution in [1.82, 2.24) is 0 Å². The molecule has 1 aliphatic rings. The average Bonchev–Trinajstić information content (AvgIpc) is 2.59. The summed E-state index contributed by atoms with van der Waals surface area (Å²) in [7, 11) is 0. The number of aliphatic hydroxyl groups is 1. The second-order valence-corrected chi connectivity index (χ2v) is 5.52. The normalized spacial score (nSPS) is 19.3. The molecule has 0 radical (unpaired) electrons. The van der Waals surface area contributed by atoms with Crippen LogP contribution in [-0.2, 0) is 0 Å². The van der Waals surface area contributed by atoms with Crippen molar-refractivity contribution in [3.63, 3.8) is 0 Å². The van der Waals surface area contributed by atoms with E-state index in [1.807, 2.05) is 0 Å². The van der Waals surface area contributed by atoms with Gasteiger partial charge in [0.15, 0.2) is 5.57 Å². The second kappa shape index (κ2) is 7.97. The van der Waals surface area contributed by atoms with E-state index in [4.69, 9.17) is 15.8 Å². The highest BCUT2D eigenvalue weighted by atomic mass is 19.1. The molecule has 0 saturated heterocycles. The fraction of sp³-hybridized carbons (Fsp3) is 0.353. The van der Waals surface area contributed by atoms with E-state index >= 15 is 0 Å². The predicted octanol–water partition coefficient (Wildman–Crippen LogP) is 2.78. The first-order valence-electron chi connectivity index (χ1n) is 7.53. The third kappa shape index (κ3) is 4.01. The van der Waals surface area contributed by atoms with Gasteiger partial charge in [-0.25, -0.2) is 4.39 Å². The number of rotatable bonds is 4. The third-order valence-electron chi connectivity index (χ3n) is 3.90. The fourth-order valence-corrected chi connectivity index (χ4v) is 2.62. The first-order chi connectivity index (χ1) is 11.6. The van der Waals surface area contributed by atoms with Crippen molar-refractivity contribution in [3.05, 3.63) is 35.3 Å². The number of nitriles is 3. The Morgan fingerprint density at radius 1 is 1.08 bits per heavy atom. The molecule has 0 unspecified atom stereocenters. The van der Waals surface area contributed by atoms with Gasteiger partial charge in [-0.1, -0.05) is 6.07 Å². The number of nitrogens with one attached hydrogen (secondary N) is 2. The molecule has 1 aromatic rings. The minimum atomic E-state index is -0.501. The molecule has 3 N–H and O–H groups in total. The predicted molar refractivity (Wildman–Crippen MR) is 85.8 cm³/mol. The zero-order chi connectivity index (χ0) is 17.5. The lowest BCUT2D eigenvalue weighted by molar-refractivity contribution is 0.126. The molecule has 1 saturated carbocycles. The molecule has 122 valence electrons. The lowest BCUT2D eigenvalue weighted by Crippen LogP contribution is -2.28. The summed E-state index contributed by atoms with van der Waals surface area (Å²) in [5, 5.41) is 42.2. The number of nitrogens with zero attached hydrogens (tertiary/aromatic N) is 3. The standard InChI is InChI=1S/C17H16FN5O/c18-14-2-1-3-15(23-16(10-21)11(8-19)9-20)17(14)22-12-4-6-13(24)7-5-12/h1-3,12-13,22-24H,4-7H2. The molecule has 24 heavy (non-hydrogen) atoms. The van der Waals surface area contributed by atoms with Crippen LogP contribution in [0.15, 0.2) is 29.5 Å². The molecule has 0 heterocycles. The van der Waals surface area contributed by atoms with Crippen LogP contribution in [-0.4, -0.2) is 17.3 Å². The lowest BCUT2D eigenvalue weighted by Gasteiger charge is -2.28. The zero-order valence-corrected chi connectivity index (χ0v) is 12.9. The second-order valence-electron chi connectivity index (χ2n) is 5.52. The van der Waals surface area contributed by atoms with Crippen molar-refractivity contribution < 1.29 is 9.50 Å². The highest BCUT2D eigenvalue weighted by molar-refractivity contribution is 5.73. The van der Waals surface area contributed by atoms with Crippen LogP contribution in [0.25, 0.3) is 0 Å². The summed E-state index contributed by atoms with van der Waals surface area (Å²) in [6.07, 6.45) is 2.38. The Labute approximate surface area is 139 Å². The minimum absolute atomic E-state index is 0.00627. The summed E-state index contributed by atoms with van der Waals surface area (Å²) < 4.78 is 14.2. The molecule has 0 aromatic heterocycles. The fourth-order valence-electron chi connectivity index (χ4n) is 2.62. The highest BCUT2D eigenvalue weighted by Gasteiger charge is 2.21. The maximum absolute atomic E-state index is 14.2. The zero-order valence-electron chi connectivity index (χ0n) is 12.9. The molecule has 0 aliphatic heterocycles. The van der Waals surface area contributed by atoms with Crippen molar-refractivity contribution in [2.24, 2.45) is 0 Å². The Balaban J connectivity index is 2.28. The van der Waals surface area contributed by atoms with Gasteiger partial charge >= 0.3 is 0 Å². The van der Waals surface area contributed by atoms with Gasteiger partial charge in [0.05, 0.1) is 17.5 Å². The van der Waals surface area contributed by atoms with Gasteiger partial charge in [-0.15, -0.1) is 0 Å². The molecule has 0 amide bonds. The van der Waals surface area contributed by atoms with E-state index in [0.717, 1.165) is 0 Å². The van der Waals surface area contributed by atoms with Gasteiger partial charge in [0.2, 0.25) is 0 Å². The first kappa shape index (κ1) is 17.3. The van der Waals surface area contributed by atoms with E-state index in [2.05, 4.69) is 10.6 Å². The summed E-state index contributed by atoms with van der Waals surface area (Å²) in [5.74, 6) is -0.501. The molecular formula is C17H16FN5O. The highest BCUT2D eigenvalue weighted by Crippen LogP contribution is 2.30. The van der Waals surface area contributed by atoms with E-state index in [9.17, 15) is 9.50 Å². The summed E-state index contributed by atoms with van der Waals surface area (Å²) in [6, 6.07) is 9.35. The molecule has 1 aliphatic carbocycles.